The van der Waals surface area contributed by atoms with Crippen LogP contribution in [0.3, 0.4) is 0 Å². The summed E-state index contributed by atoms with van der Waals surface area (Å²) in [5, 5.41) is 0. The molecule has 1 atom stereocenters. The Bertz CT molecular complexity index is 296. The lowest BCUT2D eigenvalue weighted by Crippen LogP contribution is -2.15. The van der Waals surface area contributed by atoms with Gasteiger partial charge < -0.3 is 10.5 Å². The molecule has 76 valence electrons. The van der Waals surface area contributed by atoms with Crippen molar-refractivity contribution in [3.63, 3.8) is 0 Å². The predicted octanol–water partition coefficient (Wildman–Crippen LogP) is 2.44. The SMILES string of the molecule is NC(COC=C(F)F)c1ccccc1. The molecule has 0 radical (unpaired) electrons. The lowest BCUT2D eigenvalue weighted by molar-refractivity contribution is 0.207. The highest BCUT2D eigenvalue weighted by molar-refractivity contribution is 5.18. The molecule has 1 aromatic rings. The van der Waals surface area contributed by atoms with Crippen LogP contribution in [0.25, 0.3) is 0 Å². The van der Waals surface area contributed by atoms with E-state index in [1.165, 1.54) is 0 Å². The fraction of sp³-hybridized carbons (Fsp3) is 0.200. The second-order valence-electron chi connectivity index (χ2n) is 2.76. The van der Waals surface area contributed by atoms with Gasteiger partial charge in [0.15, 0.2) is 0 Å². The van der Waals surface area contributed by atoms with Crippen LogP contribution >= 0.6 is 0 Å². The Balaban J connectivity index is 2.43. The molecule has 1 aromatic carbocycles. The van der Waals surface area contributed by atoms with Crippen LogP contribution < -0.4 is 5.73 Å². The zero-order valence-corrected chi connectivity index (χ0v) is 7.49. The smallest absolute Gasteiger partial charge is 0.304 e. The Kier molecular flexibility index (Phi) is 4.07. The van der Waals surface area contributed by atoms with Crippen LogP contribution in [-0.2, 0) is 4.74 Å². The number of halogens is 2. The molecule has 2 nitrogen and oxygen atoms in total. The average molecular weight is 199 g/mol. The Hall–Kier alpha value is -1.42. The zero-order chi connectivity index (χ0) is 10.4. The number of hydrogen-bond donors (Lipinski definition) is 1. The van der Waals surface area contributed by atoms with Crippen LogP contribution in [0.5, 0.6) is 0 Å². The molecular weight excluding hydrogens is 188 g/mol. The standard InChI is InChI=1S/C10H11F2NO/c11-10(12)7-14-6-9(13)8-4-2-1-3-5-8/h1-5,7,9H,6,13H2. The van der Waals surface area contributed by atoms with E-state index in [2.05, 4.69) is 4.74 Å². The van der Waals surface area contributed by atoms with Gasteiger partial charge in [0.2, 0.25) is 0 Å². The Morgan fingerprint density at radius 1 is 1.36 bits per heavy atom. The van der Waals surface area contributed by atoms with E-state index >= 15 is 0 Å². The van der Waals surface area contributed by atoms with Gasteiger partial charge in [-0.1, -0.05) is 30.3 Å². The predicted molar refractivity (Wildman–Crippen MR) is 49.6 cm³/mol. The van der Waals surface area contributed by atoms with Crippen molar-refractivity contribution in [3.8, 4) is 0 Å². The first-order chi connectivity index (χ1) is 6.70. The van der Waals surface area contributed by atoms with Crippen LogP contribution in [0.2, 0.25) is 0 Å². The van der Waals surface area contributed by atoms with Crippen LogP contribution in [-0.4, -0.2) is 6.61 Å². The highest BCUT2D eigenvalue weighted by Crippen LogP contribution is 2.10. The summed E-state index contributed by atoms with van der Waals surface area (Å²) in [5.74, 6) is 0. The number of ether oxygens (including phenoxy) is 1. The van der Waals surface area contributed by atoms with Crippen LogP contribution in [0, 0.1) is 0 Å². The summed E-state index contributed by atoms with van der Waals surface area (Å²) in [6.45, 7) is 0.0430. The molecule has 0 spiro atoms. The highest BCUT2D eigenvalue weighted by atomic mass is 19.3. The fourth-order valence-corrected chi connectivity index (χ4v) is 1.01. The Morgan fingerprint density at radius 2 is 2.00 bits per heavy atom. The van der Waals surface area contributed by atoms with Crippen LogP contribution in [0.15, 0.2) is 42.7 Å². The summed E-state index contributed by atoms with van der Waals surface area (Å²) < 4.78 is 27.7. The maximum Gasteiger partial charge on any atom is 0.304 e. The summed E-state index contributed by atoms with van der Waals surface area (Å²) in [6.07, 6.45) is -1.45. The molecule has 0 heterocycles. The van der Waals surface area contributed by atoms with E-state index in [4.69, 9.17) is 5.73 Å². The second-order valence-corrected chi connectivity index (χ2v) is 2.76. The van der Waals surface area contributed by atoms with Gasteiger partial charge in [-0.3, -0.25) is 0 Å². The summed E-state index contributed by atoms with van der Waals surface area (Å²) in [4.78, 5) is 0. The van der Waals surface area contributed by atoms with Crippen LogP contribution in [0.1, 0.15) is 11.6 Å². The van der Waals surface area contributed by atoms with E-state index in [1.807, 2.05) is 30.3 Å². The molecular formula is C10H11F2NO. The first kappa shape index (κ1) is 10.7. The Labute approximate surface area is 81.0 Å². The minimum atomic E-state index is -1.86. The van der Waals surface area contributed by atoms with Crippen molar-refractivity contribution in [1.29, 1.82) is 0 Å². The number of benzene rings is 1. The zero-order valence-electron chi connectivity index (χ0n) is 7.49. The average Bonchev–Trinajstić information content (AvgIpc) is 2.18. The largest absolute Gasteiger partial charge is 0.494 e. The van der Waals surface area contributed by atoms with Crippen molar-refractivity contribution in [2.45, 2.75) is 6.04 Å². The van der Waals surface area contributed by atoms with E-state index in [0.29, 0.717) is 6.26 Å². The van der Waals surface area contributed by atoms with Crippen molar-refractivity contribution in [1.82, 2.24) is 0 Å². The lowest BCUT2D eigenvalue weighted by atomic mass is 10.1. The molecule has 2 N–H and O–H groups in total. The third kappa shape index (κ3) is 3.53. The Morgan fingerprint density at radius 3 is 2.57 bits per heavy atom. The van der Waals surface area contributed by atoms with Crippen molar-refractivity contribution in [3.05, 3.63) is 48.2 Å². The van der Waals surface area contributed by atoms with Gasteiger partial charge >= 0.3 is 6.08 Å². The molecule has 14 heavy (non-hydrogen) atoms. The third-order valence-electron chi connectivity index (χ3n) is 1.68. The lowest BCUT2D eigenvalue weighted by Gasteiger charge is -2.10. The van der Waals surface area contributed by atoms with Gasteiger partial charge in [0.1, 0.15) is 12.9 Å². The van der Waals surface area contributed by atoms with E-state index in [1.54, 1.807) is 0 Å². The number of nitrogens with two attached hydrogens (primary N) is 1. The molecule has 0 aliphatic heterocycles. The molecule has 0 bridgehead atoms. The van der Waals surface area contributed by atoms with Crippen molar-refractivity contribution >= 4 is 0 Å². The van der Waals surface area contributed by atoms with E-state index in [0.717, 1.165) is 5.56 Å². The monoisotopic (exact) mass is 199 g/mol. The molecule has 0 fully saturated rings. The van der Waals surface area contributed by atoms with Gasteiger partial charge in [-0.05, 0) is 5.56 Å². The fourth-order valence-electron chi connectivity index (χ4n) is 1.01. The first-order valence-electron chi connectivity index (χ1n) is 4.13. The summed E-state index contributed by atoms with van der Waals surface area (Å²) >= 11 is 0. The van der Waals surface area contributed by atoms with E-state index in [-0.39, 0.29) is 12.6 Å². The minimum absolute atomic E-state index is 0.0430. The summed E-state index contributed by atoms with van der Waals surface area (Å²) in [7, 11) is 0. The maximum absolute atomic E-state index is 11.6. The number of hydrogen-bond acceptors (Lipinski definition) is 2. The van der Waals surface area contributed by atoms with Gasteiger partial charge in [0.25, 0.3) is 0 Å². The van der Waals surface area contributed by atoms with E-state index < -0.39 is 6.08 Å². The molecule has 0 aromatic heterocycles. The molecule has 0 saturated heterocycles. The molecule has 0 amide bonds. The second kappa shape index (κ2) is 5.34. The molecule has 1 unspecified atom stereocenters. The van der Waals surface area contributed by atoms with Crippen molar-refractivity contribution in [2.24, 2.45) is 5.73 Å². The molecule has 0 aliphatic carbocycles. The van der Waals surface area contributed by atoms with E-state index in [9.17, 15) is 8.78 Å². The van der Waals surface area contributed by atoms with Gasteiger partial charge in [-0.15, -0.1) is 0 Å². The molecule has 4 heteroatoms. The topological polar surface area (TPSA) is 35.2 Å². The summed E-state index contributed by atoms with van der Waals surface area (Å²) in [6, 6.07) is 8.79. The number of rotatable bonds is 4. The molecule has 0 aliphatic rings. The van der Waals surface area contributed by atoms with Gasteiger partial charge in [0, 0.05) is 0 Å². The summed E-state index contributed by atoms with van der Waals surface area (Å²) in [5.41, 5.74) is 6.54. The maximum atomic E-state index is 11.6. The van der Waals surface area contributed by atoms with Gasteiger partial charge in [-0.25, -0.2) is 0 Å². The quantitative estimate of drug-likeness (QED) is 0.756. The van der Waals surface area contributed by atoms with Crippen molar-refractivity contribution in [2.75, 3.05) is 6.61 Å². The normalized spacial score (nSPS) is 11.9. The molecule has 1 rings (SSSR count). The first-order valence-corrected chi connectivity index (χ1v) is 4.13. The van der Waals surface area contributed by atoms with Crippen LogP contribution in [0.4, 0.5) is 8.78 Å². The van der Waals surface area contributed by atoms with Gasteiger partial charge in [0.05, 0.1) is 6.04 Å². The molecule has 0 saturated carbocycles. The van der Waals surface area contributed by atoms with Crippen molar-refractivity contribution < 1.29 is 13.5 Å². The minimum Gasteiger partial charge on any atom is -0.494 e. The third-order valence-corrected chi connectivity index (χ3v) is 1.68. The van der Waals surface area contributed by atoms with Gasteiger partial charge in [-0.2, -0.15) is 8.78 Å². The highest BCUT2D eigenvalue weighted by Gasteiger charge is 2.04.